The number of nitrogens with one attached hydrogen (secondary N) is 1. The van der Waals surface area contributed by atoms with Crippen molar-refractivity contribution in [3.63, 3.8) is 0 Å². The van der Waals surface area contributed by atoms with E-state index in [0.717, 1.165) is 16.0 Å². The molecule has 9 heteroatoms. The summed E-state index contributed by atoms with van der Waals surface area (Å²) in [4.78, 5) is 17.8. The van der Waals surface area contributed by atoms with Crippen LogP contribution >= 0.6 is 11.3 Å². The monoisotopic (exact) mass is 445 g/mol. The molecule has 0 bridgehead atoms. The summed E-state index contributed by atoms with van der Waals surface area (Å²) in [7, 11) is -3.32. The third-order valence-corrected chi connectivity index (χ3v) is 7.08. The largest absolute Gasteiger partial charge is 0.298 e. The fraction of sp³-hybridized carbons (Fsp3) is 0.238. The Bertz CT molecular complexity index is 1240. The van der Waals surface area contributed by atoms with Crippen LogP contribution in [0.3, 0.4) is 0 Å². The number of carbonyl (C=O) groups is 1. The standard InChI is InChI=1S/C21H20FN3O3S2/c1-13-3-4-14(10-18(13)22)9-17-12-23-21(29-17)24-20(26)16-5-6-19-15(11-16)7-8-25(19)30(2,27)28/h3-6,10-12H,7-9H2,1-2H3,(H,23,24,26). The molecule has 156 valence electrons. The van der Waals surface area contributed by atoms with Gasteiger partial charge in [-0.1, -0.05) is 12.1 Å². The number of carbonyl (C=O) groups excluding carboxylic acids is 1. The Morgan fingerprint density at radius 2 is 2.07 bits per heavy atom. The van der Waals surface area contributed by atoms with Gasteiger partial charge < -0.3 is 0 Å². The van der Waals surface area contributed by atoms with Crippen LogP contribution in [0.2, 0.25) is 0 Å². The summed E-state index contributed by atoms with van der Waals surface area (Å²) < 4.78 is 38.8. The summed E-state index contributed by atoms with van der Waals surface area (Å²) in [5.41, 5.74) is 3.34. The third-order valence-electron chi connectivity index (χ3n) is 4.98. The SMILES string of the molecule is Cc1ccc(Cc2cnc(NC(=O)c3ccc4c(c3)CCN4S(C)(=O)=O)s2)cc1F. The van der Waals surface area contributed by atoms with E-state index in [-0.39, 0.29) is 11.7 Å². The lowest BCUT2D eigenvalue weighted by molar-refractivity contribution is 0.102. The first kappa shape index (κ1) is 20.5. The van der Waals surface area contributed by atoms with Crippen molar-refractivity contribution in [2.45, 2.75) is 19.8 Å². The normalized spacial score (nSPS) is 13.4. The lowest BCUT2D eigenvalue weighted by atomic mass is 10.1. The van der Waals surface area contributed by atoms with Gasteiger partial charge in [-0.25, -0.2) is 17.8 Å². The van der Waals surface area contributed by atoms with Crippen molar-refractivity contribution in [1.82, 2.24) is 4.98 Å². The Morgan fingerprint density at radius 3 is 2.80 bits per heavy atom. The van der Waals surface area contributed by atoms with Crippen molar-refractivity contribution >= 4 is 38.1 Å². The van der Waals surface area contributed by atoms with Gasteiger partial charge in [0.25, 0.3) is 5.91 Å². The van der Waals surface area contributed by atoms with Crippen LogP contribution in [0.15, 0.2) is 42.6 Å². The fourth-order valence-electron chi connectivity index (χ4n) is 3.42. The number of rotatable bonds is 5. The fourth-order valence-corrected chi connectivity index (χ4v) is 5.22. The van der Waals surface area contributed by atoms with Gasteiger partial charge in [0.15, 0.2) is 5.13 Å². The van der Waals surface area contributed by atoms with Crippen LogP contribution in [0.5, 0.6) is 0 Å². The number of amides is 1. The third kappa shape index (κ3) is 4.22. The van der Waals surface area contributed by atoms with Crippen LogP contribution < -0.4 is 9.62 Å². The summed E-state index contributed by atoms with van der Waals surface area (Å²) >= 11 is 1.34. The van der Waals surface area contributed by atoms with Crippen molar-refractivity contribution in [3.05, 3.63) is 75.5 Å². The van der Waals surface area contributed by atoms with Crippen molar-refractivity contribution in [2.24, 2.45) is 0 Å². The van der Waals surface area contributed by atoms with E-state index >= 15 is 0 Å². The molecule has 0 atom stereocenters. The van der Waals surface area contributed by atoms with E-state index in [9.17, 15) is 17.6 Å². The zero-order valence-corrected chi connectivity index (χ0v) is 18.1. The first-order valence-electron chi connectivity index (χ1n) is 9.32. The Balaban J connectivity index is 1.45. The first-order valence-corrected chi connectivity index (χ1v) is 12.0. The minimum Gasteiger partial charge on any atom is -0.298 e. The molecule has 1 amide bonds. The van der Waals surface area contributed by atoms with Gasteiger partial charge in [-0.05, 0) is 54.3 Å². The number of fused-ring (bicyclic) bond motifs is 1. The summed E-state index contributed by atoms with van der Waals surface area (Å²) in [6.45, 7) is 2.10. The molecule has 1 aliphatic rings. The molecule has 6 nitrogen and oxygen atoms in total. The molecule has 1 aromatic heterocycles. The number of thiazole rings is 1. The summed E-state index contributed by atoms with van der Waals surface area (Å²) in [5.74, 6) is -0.547. The lowest BCUT2D eigenvalue weighted by Gasteiger charge is -2.16. The van der Waals surface area contributed by atoms with Gasteiger partial charge >= 0.3 is 0 Å². The summed E-state index contributed by atoms with van der Waals surface area (Å²) in [5, 5.41) is 3.24. The first-order chi connectivity index (χ1) is 14.2. The number of nitrogens with zero attached hydrogens (tertiary/aromatic N) is 2. The van der Waals surface area contributed by atoms with Crippen LogP contribution in [0.25, 0.3) is 0 Å². The second-order valence-electron chi connectivity index (χ2n) is 7.27. The molecule has 0 fully saturated rings. The predicted molar refractivity (Wildman–Crippen MR) is 116 cm³/mol. The molecule has 1 aliphatic heterocycles. The predicted octanol–water partition coefficient (Wildman–Crippen LogP) is 3.76. The molecule has 0 unspecified atom stereocenters. The molecular formula is C21H20FN3O3S2. The molecule has 0 saturated carbocycles. The molecule has 0 spiro atoms. The highest BCUT2D eigenvalue weighted by atomic mass is 32.2. The second-order valence-corrected chi connectivity index (χ2v) is 10.3. The minimum absolute atomic E-state index is 0.239. The zero-order chi connectivity index (χ0) is 21.5. The van der Waals surface area contributed by atoms with Crippen molar-refractivity contribution < 1.29 is 17.6 Å². The van der Waals surface area contributed by atoms with E-state index in [1.165, 1.54) is 28.0 Å². The topological polar surface area (TPSA) is 79.4 Å². The maximum Gasteiger partial charge on any atom is 0.257 e. The Hall–Kier alpha value is -2.78. The number of aromatic nitrogens is 1. The minimum atomic E-state index is -3.32. The summed E-state index contributed by atoms with van der Waals surface area (Å²) in [6, 6.07) is 10.1. The van der Waals surface area contributed by atoms with E-state index in [4.69, 9.17) is 0 Å². The molecule has 0 radical (unpaired) electrons. The molecule has 3 aromatic rings. The number of halogens is 1. The second kappa shape index (κ2) is 7.81. The van der Waals surface area contributed by atoms with Crippen molar-refractivity contribution in [2.75, 3.05) is 22.4 Å². The Labute approximate surface area is 178 Å². The number of sulfonamides is 1. The summed E-state index contributed by atoms with van der Waals surface area (Å²) in [6.07, 6.45) is 3.95. The number of anilines is 2. The van der Waals surface area contributed by atoms with Crippen molar-refractivity contribution in [3.8, 4) is 0 Å². The van der Waals surface area contributed by atoms with Crippen LogP contribution in [0, 0.1) is 12.7 Å². The van der Waals surface area contributed by atoms with Gasteiger partial charge in [0.05, 0.1) is 11.9 Å². The quantitative estimate of drug-likeness (QED) is 0.649. The Kier molecular flexibility index (Phi) is 5.33. The molecular weight excluding hydrogens is 425 g/mol. The molecule has 0 saturated heterocycles. The van der Waals surface area contributed by atoms with Gasteiger partial charge in [-0.3, -0.25) is 14.4 Å². The van der Waals surface area contributed by atoms with E-state index in [1.807, 2.05) is 6.07 Å². The highest BCUT2D eigenvalue weighted by molar-refractivity contribution is 7.92. The highest BCUT2D eigenvalue weighted by Gasteiger charge is 2.26. The molecule has 0 aliphatic carbocycles. The van der Waals surface area contributed by atoms with Crippen molar-refractivity contribution in [1.29, 1.82) is 0 Å². The van der Waals surface area contributed by atoms with Crippen LogP contribution in [-0.2, 0) is 22.9 Å². The van der Waals surface area contributed by atoms with E-state index in [2.05, 4.69) is 10.3 Å². The number of aryl methyl sites for hydroxylation is 1. The average molecular weight is 446 g/mol. The molecule has 1 N–H and O–H groups in total. The van der Waals surface area contributed by atoms with E-state index in [1.54, 1.807) is 37.4 Å². The molecule has 30 heavy (non-hydrogen) atoms. The van der Waals surface area contributed by atoms with Gasteiger partial charge in [0, 0.05) is 29.6 Å². The smallest absolute Gasteiger partial charge is 0.257 e. The van der Waals surface area contributed by atoms with Gasteiger partial charge in [0.2, 0.25) is 10.0 Å². The maximum atomic E-state index is 13.7. The van der Waals surface area contributed by atoms with Gasteiger partial charge in [-0.15, -0.1) is 11.3 Å². The Morgan fingerprint density at radius 1 is 1.27 bits per heavy atom. The molecule has 2 aromatic carbocycles. The van der Waals surface area contributed by atoms with E-state index in [0.29, 0.717) is 41.3 Å². The number of hydrogen-bond acceptors (Lipinski definition) is 5. The molecule has 4 rings (SSSR count). The van der Waals surface area contributed by atoms with Crippen LogP contribution in [-0.4, -0.2) is 32.1 Å². The number of hydrogen-bond donors (Lipinski definition) is 1. The van der Waals surface area contributed by atoms with Gasteiger partial charge in [-0.2, -0.15) is 0 Å². The van der Waals surface area contributed by atoms with E-state index < -0.39 is 10.0 Å². The molecule has 2 heterocycles. The maximum absolute atomic E-state index is 13.7. The zero-order valence-electron chi connectivity index (χ0n) is 16.5. The average Bonchev–Trinajstić information content (AvgIpc) is 3.30. The number of benzene rings is 2. The van der Waals surface area contributed by atoms with Crippen LogP contribution in [0.4, 0.5) is 15.2 Å². The van der Waals surface area contributed by atoms with Crippen LogP contribution in [0.1, 0.15) is 31.9 Å². The van der Waals surface area contributed by atoms with Gasteiger partial charge in [0.1, 0.15) is 5.82 Å². The highest BCUT2D eigenvalue weighted by Crippen LogP contribution is 2.31. The lowest BCUT2D eigenvalue weighted by Crippen LogP contribution is -2.27.